The maximum absolute atomic E-state index is 12.4. The van der Waals surface area contributed by atoms with E-state index in [4.69, 9.17) is 14.9 Å². The molecule has 1 aliphatic carbocycles. The monoisotopic (exact) mass is 624 g/mol. The van der Waals surface area contributed by atoms with Crippen LogP contribution in [0.15, 0.2) is 30.3 Å². The molecule has 2 fully saturated rings. The summed E-state index contributed by atoms with van der Waals surface area (Å²) in [6.07, 6.45) is 8.94. The minimum Gasteiger partial charge on any atom is -0.476 e. The first-order chi connectivity index (χ1) is 22.4. The lowest BCUT2D eigenvalue weighted by Gasteiger charge is -2.36. The summed E-state index contributed by atoms with van der Waals surface area (Å²) in [5, 5.41) is 31.8. The number of rotatable bonds is 6. The number of hydrogen-bond acceptors (Lipinski definition) is 9. The zero-order chi connectivity index (χ0) is 31.8. The second-order valence-electron chi connectivity index (χ2n) is 12.9. The number of carboxylic acids is 1. The molecule has 3 aliphatic heterocycles. The Balaban J connectivity index is 1.02. The summed E-state index contributed by atoms with van der Waals surface area (Å²) in [5.74, 6) is 0.683. The number of fused-ring (bicyclic) bond motifs is 2. The Kier molecular flexibility index (Phi) is 8.34. The van der Waals surface area contributed by atoms with Crippen LogP contribution in [-0.4, -0.2) is 80.2 Å². The highest BCUT2D eigenvalue weighted by Gasteiger charge is 2.35. The Morgan fingerprint density at radius 1 is 0.957 bits per heavy atom. The molecule has 5 heterocycles. The van der Waals surface area contributed by atoms with Crippen LogP contribution in [0.25, 0.3) is 0 Å². The standard InChI is InChI=1S/C34H40N8O4/c1-22(43)40-18-14-31-28(21-40)33(41-15-2-3-24-19-23(20-35)4-10-30(24)41)38-42(31)25-5-7-26(8-6-25)46-27-12-16-39(17-13-27)32-11-9-29(34(44)45)36-37-32/h4,9-11,19,25-27H,2-3,5-8,12-18,21H2,1H3,(H,44,45). The molecule has 0 atom stereocenters. The smallest absolute Gasteiger partial charge is 0.356 e. The highest BCUT2D eigenvalue weighted by Crippen LogP contribution is 2.41. The van der Waals surface area contributed by atoms with Crippen LogP contribution >= 0.6 is 0 Å². The fourth-order valence-electron chi connectivity index (χ4n) is 7.63. The molecule has 0 unspecified atom stereocenters. The molecule has 12 heteroatoms. The van der Waals surface area contributed by atoms with E-state index >= 15 is 0 Å². The molecule has 4 aliphatic rings. The average molecular weight is 625 g/mol. The zero-order valence-electron chi connectivity index (χ0n) is 26.3. The molecule has 0 bridgehead atoms. The fourth-order valence-corrected chi connectivity index (χ4v) is 7.63. The predicted octanol–water partition coefficient (Wildman–Crippen LogP) is 4.40. The summed E-state index contributed by atoms with van der Waals surface area (Å²) in [7, 11) is 0. The van der Waals surface area contributed by atoms with Gasteiger partial charge in [-0.3, -0.25) is 9.48 Å². The first-order valence-electron chi connectivity index (χ1n) is 16.5. The summed E-state index contributed by atoms with van der Waals surface area (Å²) in [6, 6.07) is 11.7. The van der Waals surface area contributed by atoms with E-state index in [2.05, 4.69) is 36.8 Å². The third-order valence-corrected chi connectivity index (χ3v) is 10.1. The number of anilines is 3. The molecule has 12 nitrogen and oxygen atoms in total. The van der Waals surface area contributed by atoms with Gasteiger partial charge in [0.25, 0.3) is 0 Å². The largest absolute Gasteiger partial charge is 0.476 e. The van der Waals surface area contributed by atoms with Gasteiger partial charge in [0.05, 0.1) is 36.4 Å². The van der Waals surface area contributed by atoms with Gasteiger partial charge in [0, 0.05) is 56.5 Å². The van der Waals surface area contributed by atoms with E-state index in [-0.39, 0.29) is 23.8 Å². The molecule has 1 saturated carbocycles. The predicted molar refractivity (Wildman–Crippen MR) is 170 cm³/mol. The van der Waals surface area contributed by atoms with Crippen molar-refractivity contribution < 1.29 is 19.4 Å². The number of amides is 1. The number of carbonyl (C=O) groups is 2. The molecule has 240 valence electrons. The van der Waals surface area contributed by atoms with Gasteiger partial charge in [-0.05, 0) is 87.3 Å². The lowest BCUT2D eigenvalue weighted by Crippen LogP contribution is -2.39. The Morgan fingerprint density at radius 3 is 2.43 bits per heavy atom. The first-order valence-corrected chi connectivity index (χ1v) is 16.5. The van der Waals surface area contributed by atoms with Crippen LogP contribution in [0.2, 0.25) is 0 Å². The third kappa shape index (κ3) is 5.91. The van der Waals surface area contributed by atoms with E-state index in [9.17, 15) is 14.9 Å². The highest BCUT2D eigenvalue weighted by molar-refractivity contribution is 5.85. The van der Waals surface area contributed by atoms with E-state index < -0.39 is 5.97 Å². The Bertz CT molecular complexity index is 1650. The van der Waals surface area contributed by atoms with Crippen LogP contribution in [0, 0.1) is 11.3 Å². The van der Waals surface area contributed by atoms with Crippen LogP contribution in [0.4, 0.5) is 17.3 Å². The van der Waals surface area contributed by atoms with E-state index in [0.29, 0.717) is 30.5 Å². The minimum absolute atomic E-state index is 0.0469. The van der Waals surface area contributed by atoms with Crippen molar-refractivity contribution >= 4 is 29.2 Å². The molecule has 7 rings (SSSR count). The van der Waals surface area contributed by atoms with Gasteiger partial charge < -0.3 is 24.5 Å². The molecule has 1 N–H and O–H groups in total. The van der Waals surface area contributed by atoms with Crippen LogP contribution < -0.4 is 9.80 Å². The number of nitrogens with zero attached hydrogens (tertiary/aromatic N) is 8. The van der Waals surface area contributed by atoms with Crippen molar-refractivity contribution in [1.29, 1.82) is 5.26 Å². The van der Waals surface area contributed by atoms with Crippen LogP contribution in [-0.2, 0) is 28.9 Å². The van der Waals surface area contributed by atoms with Crippen molar-refractivity contribution in [3.05, 3.63) is 58.4 Å². The molecule has 0 spiro atoms. The maximum atomic E-state index is 12.4. The van der Waals surface area contributed by atoms with E-state index in [1.807, 2.05) is 17.0 Å². The Morgan fingerprint density at radius 2 is 1.74 bits per heavy atom. The summed E-state index contributed by atoms with van der Waals surface area (Å²) in [5.41, 5.74) is 5.34. The number of nitriles is 1. The summed E-state index contributed by atoms with van der Waals surface area (Å²) >= 11 is 0. The molecule has 1 aromatic carbocycles. The van der Waals surface area contributed by atoms with Crippen LogP contribution in [0.5, 0.6) is 0 Å². The lowest BCUT2D eigenvalue weighted by atomic mass is 9.92. The lowest BCUT2D eigenvalue weighted by molar-refractivity contribution is -0.129. The van der Waals surface area contributed by atoms with E-state index in [1.54, 1.807) is 13.0 Å². The van der Waals surface area contributed by atoms with Crippen molar-refractivity contribution in [1.82, 2.24) is 24.9 Å². The van der Waals surface area contributed by atoms with Crippen LogP contribution in [0.3, 0.4) is 0 Å². The number of hydrogen-bond donors (Lipinski definition) is 1. The van der Waals surface area contributed by atoms with Crippen molar-refractivity contribution in [2.45, 2.75) is 89.5 Å². The zero-order valence-corrected chi connectivity index (χ0v) is 26.3. The number of aromatic carboxylic acids is 1. The summed E-state index contributed by atoms with van der Waals surface area (Å²) in [4.78, 5) is 29.9. The van der Waals surface area contributed by atoms with Crippen molar-refractivity contribution in [2.24, 2.45) is 0 Å². The SMILES string of the molecule is CC(=O)N1CCc2c(c(N3CCCc4cc(C#N)ccc43)nn2C2CCC(OC3CCN(c4ccc(C(=O)O)nn4)CC3)CC2)C1. The second-order valence-corrected chi connectivity index (χ2v) is 12.9. The van der Waals surface area contributed by atoms with Crippen molar-refractivity contribution in [2.75, 3.05) is 36.0 Å². The van der Waals surface area contributed by atoms with Gasteiger partial charge in [-0.1, -0.05) is 0 Å². The highest BCUT2D eigenvalue weighted by atomic mass is 16.5. The number of carbonyl (C=O) groups excluding carboxylic acids is 1. The first kappa shape index (κ1) is 30.2. The third-order valence-electron chi connectivity index (χ3n) is 10.1. The van der Waals surface area contributed by atoms with Gasteiger partial charge in [-0.2, -0.15) is 10.4 Å². The number of aromatic nitrogens is 4. The quantitative estimate of drug-likeness (QED) is 0.420. The van der Waals surface area contributed by atoms with Gasteiger partial charge >= 0.3 is 5.97 Å². The maximum Gasteiger partial charge on any atom is 0.356 e. The summed E-state index contributed by atoms with van der Waals surface area (Å²) < 4.78 is 8.90. The van der Waals surface area contributed by atoms with Gasteiger partial charge in [0.2, 0.25) is 5.91 Å². The fraction of sp³-hybridized carbons (Fsp3) is 0.529. The second kappa shape index (κ2) is 12.7. The molecular formula is C34H40N8O4. The van der Waals surface area contributed by atoms with Crippen molar-refractivity contribution in [3.8, 4) is 6.07 Å². The van der Waals surface area contributed by atoms with Gasteiger partial charge in [-0.15, -0.1) is 10.2 Å². The Labute approximate surface area is 268 Å². The van der Waals surface area contributed by atoms with E-state index in [0.717, 1.165) is 94.5 Å². The number of ether oxygens (including phenoxy) is 1. The molecule has 0 radical (unpaired) electrons. The number of aryl methyl sites for hydroxylation is 1. The number of carboxylic acid groups (broad SMARTS) is 1. The molecular weight excluding hydrogens is 584 g/mol. The minimum atomic E-state index is -1.07. The van der Waals surface area contributed by atoms with Gasteiger partial charge in [-0.25, -0.2) is 4.79 Å². The normalized spacial score (nSPS) is 21.8. The number of benzene rings is 1. The number of piperidine rings is 1. The average Bonchev–Trinajstić information content (AvgIpc) is 3.47. The molecule has 1 saturated heterocycles. The van der Waals surface area contributed by atoms with Crippen LogP contribution in [0.1, 0.15) is 90.8 Å². The molecule has 1 amide bonds. The Hall–Kier alpha value is -4.50. The summed E-state index contributed by atoms with van der Waals surface area (Å²) in [6.45, 7) is 5.40. The van der Waals surface area contributed by atoms with Crippen molar-refractivity contribution in [3.63, 3.8) is 0 Å². The molecule has 2 aromatic heterocycles. The molecule has 3 aromatic rings. The van der Waals surface area contributed by atoms with Gasteiger partial charge in [0.1, 0.15) is 0 Å². The topological polar surface area (TPSA) is 141 Å². The van der Waals surface area contributed by atoms with Gasteiger partial charge in [0.15, 0.2) is 17.3 Å². The van der Waals surface area contributed by atoms with E-state index in [1.165, 1.54) is 17.3 Å². The molecule has 46 heavy (non-hydrogen) atoms.